The first-order valence-corrected chi connectivity index (χ1v) is 9.24. The monoisotopic (exact) mass is 375 g/mol. The van der Waals surface area contributed by atoms with Crippen molar-refractivity contribution in [2.45, 2.75) is 25.7 Å². The number of carboxylic acid groups (broad SMARTS) is 1. The molecule has 0 aliphatic carbocycles. The van der Waals surface area contributed by atoms with Crippen LogP contribution in [0.5, 0.6) is 5.75 Å². The van der Waals surface area contributed by atoms with Crippen molar-refractivity contribution in [3.63, 3.8) is 0 Å². The van der Waals surface area contributed by atoms with Gasteiger partial charge in [-0.05, 0) is 43.4 Å². The van der Waals surface area contributed by atoms with E-state index < -0.39 is 5.97 Å². The Morgan fingerprint density at radius 3 is 2.81 bits per heavy atom. The minimum absolute atomic E-state index is 0.0986. The van der Waals surface area contributed by atoms with Gasteiger partial charge in [0.2, 0.25) is 0 Å². The van der Waals surface area contributed by atoms with E-state index in [1.54, 1.807) is 28.0 Å². The Kier molecular flexibility index (Phi) is 5.83. The summed E-state index contributed by atoms with van der Waals surface area (Å²) in [6.07, 6.45) is 2.52. The van der Waals surface area contributed by atoms with Crippen LogP contribution in [0.15, 0.2) is 18.2 Å². The zero-order chi connectivity index (χ0) is 19.4. The Morgan fingerprint density at radius 2 is 2.15 bits per heavy atom. The molecule has 2 saturated heterocycles. The number of methoxy groups -OCH3 is 1. The van der Waals surface area contributed by atoms with Gasteiger partial charge in [-0.1, -0.05) is 0 Å². The number of likely N-dealkylation sites (tertiary alicyclic amines) is 1. The van der Waals surface area contributed by atoms with E-state index in [0.29, 0.717) is 49.6 Å². The molecule has 2 fully saturated rings. The second-order valence-electron chi connectivity index (χ2n) is 6.96. The number of carboxylic acids is 1. The summed E-state index contributed by atoms with van der Waals surface area (Å²) in [4.78, 5) is 39.1. The quantitative estimate of drug-likeness (QED) is 0.792. The number of urea groups is 1. The maximum atomic E-state index is 13.0. The van der Waals surface area contributed by atoms with Gasteiger partial charge in [-0.3, -0.25) is 14.5 Å². The Bertz CT molecular complexity index is 736. The number of anilines is 1. The Morgan fingerprint density at radius 1 is 1.33 bits per heavy atom. The Labute approximate surface area is 158 Å². The zero-order valence-corrected chi connectivity index (χ0v) is 15.4. The van der Waals surface area contributed by atoms with Crippen molar-refractivity contribution in [1.82, 2.24) is 10.2 Å². The number of carbonyl (C=O) groups excluding carboxylic acids is 2. The molecule has 3 rings (SSSR count). The van der Waals surface area contributed by atoms with Gasteiger partial charge in [0.05, 0.1) is 12.8 Å². The lowest BCUT2D eigenvalue weighted by molar-refractivity contribution is -0.137. The van der Waals surface area contributed by atoms with Crippen LogP contribution in [0.3, 0.4) is 0 Å². The highest BCUT2D eigenvalue weighted by Gasteiger charge is 2.28. The average Bonchev–Trinajstić information content (AvgIpc) is 3.11. The number of benzene rings is 1. The largest absolute Gasteiger partial charge is 0.495 e. The summed E-state index contributed by atoms with van der Waals surface area (Å²) in [5.74, 6) is -0.150. The van der Waals surface area contributed by atoms with Crippen LogP contribution in [0.25, 0.3) is 0 Å². The second-order valence-corrected chi connectivity index (χ2v) is 6.96. The first kappa shape index (κ1) is 19.0. The molecule has 2 aliphatic heterocycles. The third-order valence-corrected chi connectivity index (χ3v) is 5.15. The van der Waals surface area contributed by atoms with Crippen LogP contribution in [0.1, 0.15) is 36.0 Å². The summed E-state index contributed by atoms with van der Waals surface area (Å²) >= 11 is 0. The highest BCUT2D eigenvalue weighted by Crippen LogP contribution is 2.31. The van der Waals surface area contributed by atoms with E-state index in [1.807, 2.05) is 0 Å². The first-order chi connectivity index (χ1) is 13.0. The number of hydrogen-bond donors (Lipinski definition) is 2. The molecule has 0 bridgehead atoms. The summed E-state index contributed by atoms with van der Waals surface area (Å²) in [6.45, 7) is 2.30. The van der Waals surface area contributed by atoms with Gasteiger partial charge in [-0.2, -0.15) is 0 Å². The predicted octanol–water partition coefficient (Wildman–Crippen LogP) is 1.94. The number of aliphatic carboxylic acids is 1. The molecule has 0 radical (unpaired) electrons. The minimum Gasteiger partial charge on any atom is -0.495 e. The van der Waals surface area contributed by atoms with Crippen LogP contribution in [0, 0.1) is 5.92 Å². The lowest BCUT2D eigenvalue weighted by Crippen LogP contribution is -2.40. The van der Waals surface area contributed by atoms with Gasteiger partial charge >= 0.3 is 12.0 Å². The molecule has 8 heteroatoms. The number of rotatable bonds is 6. The lowest BCUT2D eigenvalue weighted by Gasteiger charge is -2.33. The summed E-state index contributed by atoms with van der Waals surface area (Å²) in [6, 6.07) is 4.91. The molecule has 1 aromatic rings. The molecule has 8 nitrogen and oxygen atoms in total. The van der Waals surface area contributed by atoms with Gasteiger partial charge in [-0.15, -0.1) is 0 Å². The van der Waals surface area contributed by atoms with E-state index >= 15 is 0 Å². The van der Waals surface area contributed by atoms with Crippen LogP contribution in [0.2, 0.25) is 0 Å². The molecule has 0 aromatic heterocycles. The second kappa shape index (κ2) is 8.28. The minimum atomic E-state index is -0.804. The maximum absolute atomic E-state index is 13.0. The van der Waals surface area contributed by atoms with Crippen LogP contribution >= 0.6 is 0 Å². The van der Waals surface area contributed by atoms with Gasteiger partial charge in [0.15, 0.2) is 0 Å². The summed E-state index contributed by atoms with van der Waals surface area (Å²) in [7, 11) is 1.53. The summed E-state index contributed by atoms with van der Waals surface area (Å²) in [5, 5.41) is 11.6. The van der Waals surface area contributed by atoms with Crippen molar-refractivity contribution >= 4 is 23.6 Å². The van der Waals surface area contributed by atoms with Crippen LogP contribution in [0.4, 0.5) is 10.5 Å². The summed E-state index contributed by atoms with van der Waals surface area (Å²) in [5.41, 5.74) is 1.09. The van der Waals surface area contributed by atoms with E-state index in [1.165, 1.54) is 7.11 Å². The summed E-state index contributed by atoms with van der Waals surface area (Å²) < 4.78 is 5.36. The van der Waals surface area contributed by atoms with Crippen LogP contribution < -0.4 is 15.0 Å². The fourth-order valence-electron chi connectivity index (χ4n) is 3.73. The predicted molar refractivity (Wildman–Crippen MR) is 99.2 cm³/mol. The van der Waals surface area contributed by atoms with Gasteiger partial charge in [-0.25, -0.2) is 4.79 Å². The molecule has 1 unspecified atom stereocenters. The molecule has 2 aliphatic rings. The van der Waals surface area contributed by atoms with Crippen LogP contribution in [-0.2, 0) is 4.79 Å². The van der Waals surface area contributed by atoms with E-state index in [4.69, 9.17) is 9.84 Å². The number of hydrogen-bond acceptors (Lipinski definition) is 4. The number of nitrogens with one attached hydrogen (secondary N) is 1. The number of nitrogens with zero attached hydrogens (tertiary/aromatic N) is 2. The molecule has 3 amide bonds. The first-order valence-electron chi connectivity index (χ1n) is 9.24. The van der Waals surface area contributed by atoms with Crippen molar-refractivity contribution in [1.29, 1.82) is 0 Å². The molecular formula is C19H25N3O5. The fraction of sp³-hybridized carbons (Fsp3) is 0.526. The SMILES string of the molecule is COc1ccc(C(=O)N2CCCC(CCC(=O)O)C2)cc1N1CCNC1=O. The molecule has 1 aromatic carbocycles. The molecule has 2 heterocycles. The van der Waals surface area contributed by atoms with Crippen molar-refractivity contribution in [2.24, 2.45) is 5.92 Å². The number of carbonyl (C=O) groups is 3. The van der Waals surface area contributed by atoms with E-state index in [0.717, 1.165) is 12.8 Å². The Balaban J connectivity index is 1.76. The van der Waals surface area contributed by atoms with Gasteiger partial charge in [0, 0.05) is 38.2 Å². The van der Waals surface area contributed by atoms with E-state index in [-0.39, 0.29) is 24.3 Å². The van der Waals surface area contributed by atoms with Crippen molar-refractivity contribution in [3.05, 3.63) is 23.8 Å². The third-order valence-electron chi connectivity index (χ3n) is 5.15. The topological polar surface area (TPSA) is 99.2 Å². The third kappa shape index (κ3) is 4.32. The van der Waals surface area contributed by atoms with E-state index in [2.05, 4.69) is 5.32 Å². The highest BCUT2D eigenvalue weighted by molar-refractivity contribution is 6.00. The number of ether oxygens (including phenoxy) is 1. The fourth-order valence-corrected chi connectivity index (χ4v) is 3.73. The molecule has 27 heavy (non-hydrogen) atoms. The standard InChI is InChI=1S/C19H25N3O5/c1-27-16-6-5-14(11-15(16)22-10-8-20-19(22)26)18(25)21-9-2-3-13(12-21)4-7-17(23)24/h5-6,11,13H,2-4,7-10,12H2,1H3,(H,20,26)(H,23,24). The van der Waals surface area contributed by atoms with E-state index in [9.17, 15) is 14.4 Å². The molecule has 0 spiro atoms. The lowest BCUT2D eigenvalue weighted by atomic mass is 9.93. The van der Waals surface area contributed by atoms with Crippen molar-refractivity contribution in [2.75, 3.05) is 38.2 Å². The molecule has 1 atom stereocenters. The number of amides is 3. The van der Waals surface area contributed by atoms with Crippen molar-refractivity contribution < 1.29 is 24.2 Å². The number of piperidine rings is 1. The van der Waals surface area contributed by atoms with Crippen LogP contribution in [-0.4, -0.2) is 61.2 Å². The molecule has 146 valence electrons. The van der Waals surface area contributed by atoms with Gasteiger partial charge < -0.3 is 20.1 Å². The zero-order valence-electron chi connectivity index (χ0n) is 15.4. The molecule has 0 saturated carbocycles. The normalized spacial score (nSPS) is 19.7. The Hall–Kier alpha value is -2.77. The van der Waals surface area contributed by atoms with Gasteiger partial charge in [0.1, 0.15) is 5.75 Å². The molecular weight excluding hydrogens is 350 g/mol. The van der Waals surface area contributed by atoms with Crippen molar-refractivity contribution in [3.8, 4) is 5.75 Å². The van der Waals surface area contributed by atoms with Gasteiger partial charge in [0.25, 0.3) is 5.91 Å². The average molecular weight is 375 g/mol. The molecule has 2 N–H and O–H groups in total. The smallest absolute Gasteiger partial charge is 0.322 e. The highest BCUT2D eigenvalue weighted by atomic mass is 16.5. The maximum Gasteiger partial charge on any atom is 0.322 e.